The number of methoxy groups -OCH3 is 1. The standard InChI is InChI=1S/C31H36N2O4/c1-31(2,3)30(36)32-26(29(35)37-4)15-16-27(34)33-19-17-23(18-20-33)28-24-11-7-5-9-21(24)13-14-22-10-6-8-12-25(22)28/h5-14,26H,15-20H2,1-4H3,(H,32,36)/t26-/m0/s1. The highest BCUT2D eigenvalue weighted by molar-refractivity contribution is 5.95. The van der Waals surface area contributed by atoms with Gasteiger partial charge in [0.15, 0.2) is 0 Å². The molecule has 1 fully saturated rings. The number of esters is 1. The predicted molar refractivity (Wildman–Crippen MR) is 146 cm³/mol. The van der Waals surface area contributed by atoms with Gasteiger partial charge in [-0.1, -0.05) is 87.0 Å². The number of fused-ring (bicyclic) bond motifs is 2. The van der Waals surface area contributed by atoms with E-state index >= 15 is 0 Å². The number of ether oxygens (including phenoxy) is 1. The normalized spacial score (nSPS) is 15.8. The number of nitrogens with one attached hydrogen (secondary N) is 1. The van der Waals surface area contributed by atoms with Crippen LogP contribution in [0.4, 0.5) is 0 Å². The molecule has 2 amide bonds. The first kappa shape index (κ1) is 26.4. The van der Waals surface area contributed by atoms with Gasteiger partial charge in [-0.25, -0.2) is 4.79 Å². The van der Waals surface area contributed by atoms with Crippen molar-refractivity contribution in [1.82, 2.24) is 10.2 Å². The molecule has 0 spiro atoms. The maximum atomic E-state index is 13.1. The van der Waals surface area contributed by atoms with Crippen LogP contribution in [0.15, 0.2) is 54.1 Å². The van der Waals surface area contributed by atoms with Crippen molar-refractivity contribution in [3.05, 3.63) is 76.4 Å². The van der Waals surface area contributed by atoms with Crippen molar-refractivity contribution >= 4 is 35.5 Å². The van der Waals surface area contributed by atoms with Crippen LogP contribution in [0.5, 0.6) is 0 Å². The number of benzene rings is 2. The van der Waals surface area contributed by atoms with E-state index in [1.54, 1.807) is 20.8 Å². The summed E-state index contributed by atoms with van der Waals surface area (Å²) < 4.78 is 4.86. The van der Waals surface area contributed by atoms with Crippen LogP contribution in [0.25, 0.3) is 17.7 Å². The van der Waals surface area contributed by atoms with Gasteiger partial charge in [0.05, 0.1) is 7.11 Å². The molecule has 194 valence electrons. The highest BCUT2D eigenvalue weighted by atomic mass is 16.5. The molecule has 1 N–H and O–H groups in total. The number of piperidine rings is 1. The number of rotatable bonds is 5. The van der Waals surface area contributed by atoms with Crippen LogP contribution in [0.1, 0.15) is 68.7 Å². The SMILES string of the molecule is COC(=O)[C@H](CCC(=O)N1CCC(=C2c3ccccc3C=Cc3ccccc32)CC1)NC(=O)C(C)(C)C. The summed E-state index contributed by atoms with van der Waals surface area (Å²) in [6, 6.07) is 16.1. The molecule has 1 aliphatic carbocycles. The number of nitrogens with zero attached hydrogens (tertiary/aromatic N) is 1. The zero-order valence-electron chi connectivity index (χ0n) is 22.2. The van der Waals surface area contributed by atoms with E-state index in [1.165, 1.54) is 40.5 Å². The highest BCUT2D eigenvalue weighted by Crippen LogP contribution is 2.38. The van der Waals surface area contributed by atoms with Gasteiger partial charge in [-0.05, 0) is 47.1 Å². The molecule has 0 radical (unpaired) electrons. The topological polar surface area (TPSA) is 75.7 Å². The summed E-state index contributed by atoms with van der Waals surface area (Å²) in [5.74, 6) is -0.787. The van der Waals surface area contributed by atoms with Crippen molar-refractivity contribution in [1.29, 1.82) is 0 Å². The molecule has 37 heavy (non-hydrogen) atoms. The maximum absolute atomic E-state index is 13.1. The Morgan fingerprint density at radius 3 is 1.97 bits per heavy atom. The molecular weight excluding hydrogens is 464 g/mol. The third-order valence-electron chi connectivity index (χ3n) is 7.10. The van der Waals surface area contributed by atoms with E-state index in [1.807, 2.05) is 4.90 Å². The van der Waals surface area contributed by atoms with E-state index < -0.39 is 17.4 Å². The van der Waals surface area contributed by atoms with Crippen molar-refractivity contribution in [2.75, 3.05) is 20.2 Å². The van der Waals surface area contributed by atoms with Crippen molar-refractivity contribution < 1.29 is 19.1 Å². The van der Waals surface area contributed by atoms with Crippen LogP contribution in [0, 0.1) is 5.41 Å². The summed E-state index contributed by atoms with van der Waals surface area (Å²) in [5.41, 5.74) is 6.86. The number of hydrogen-bond acceptors (Lipinski definition) is 4. The van der Waals surface area contributed by atoms with Crippen LogP contribution in [0.2, 0.25) is 0 Å². The zero-order chi connectivity index (χ0) is 26.6. The van der Waals surface area contributed by atoms with Crippen LogP contribution in [-0.4, -0.2) is 48.9 Å². The summed E-state index contributed by atoms with van der Waals surface area (Å²) in [7, 11) is 1.29. The molecule has 6 heteroatoms. The van der Waals surface area contributed by atoms with Gasteiger partial charge >= 0.3 is 5.97 Å². The average Bonchev–Trinajstić information content (AvgIpc) is 3.06. The molecule has 1 saturated heterocycles. The number of amides is 2. The largest absolute Gasteiger partial charge is 0.467 e. The minimum Gasteiger partial charge on any atom is -0.467 e. The molecule has 2 aromatic carbocycles. The fourth-order valence-corrected chi connectivity index (χ4v) is 4.91. The van der Waals surface area contributed by atoms with Crippen LogP contribution in [0.3, 0.4) is 0 Å². The third kappa shape index (κ3) is 6.01. The lowest BCUT2D eigenvalue weighted by Gasteiger charge is -2.31. The van der Waals surface area contributed by atoms with Crippen LogP contribution in [-0.2, 0) is 19.1 Å². The quantitative estimate of drug-likeness (QED) is 0.496. The second-order valence-corrected chi connectivity index (χ2v) is 10.7. The fraction of sp³-hybridized carbons (Fsp3) is 0.387. The monoisotopic (exact) mass is 500 g/mol. The Bertz CT molecular complexity index is 1190. The molecule has 1 atom stereocenters. The average molecular weight is 501 g/mol. The molecule has 0 bridgehead atoms. The molecule has 4 rings (SSSR count). The summed E-state index contributed by atoms with van der Waals surface area (Å²) in [5, 5.41) is 2.74. The van der Waals surface area contributed by atoms with E-state index in [-0.39, 0.29) is 24.7 Å². The summed E-state index contributed by atoms with van der Waals surface area (Å²) >= 11 is 0. The van der Waals surface area contributed by atoms with Gasteiger partial charge in [0.1, 0.15) is 6.04 Å². The molecule has 0 aromatic heterocycles. The first-order valence-corrected chi connectivity index (χ1v) is 12.9. The molecule has 0 saturated carbocycles. The lowest BCUT2D eigenvalue weighted by Crippen LogP contribution is -2.47. The Hall–Kier alpha value is -3.67. The summed E-state index contributed by atoms with van der Waals surface area (Å²) in [6.07, 6.45) is 6.33. The summed E-state index contributed by atoms with van der Waals surface area (Å²) in [6.45, 7) is 6.60. The van der Waals surface area contributed by atoms with Crippen molar-refractivity contribution in [2.45, 2.75) is 52.5 Å². The molecule has 2 aromatic rings. The second-order valence-electron chi connectivity index (χ2n) is 10.7. The molecule has 2 aliphatic rings. The van der Waals surface area contributed by atoms with Crippen LogP contribution < -0.4 is 5.32 Å². The third-order valence-corrected chi connectivity index (χ3v) is 7.10. The number of hydrogen-bond donors (Lipinski definition) is 1. The first-order valence-electron chi connectivity index (χ1n) is 12.9. The molecule has 1 heterocycles. The zero-order valence-corrected chi connectivity index (χ0v) is 22.2. The minimum absolute atomic E-state index is 0.00806. The van der Waals surface area contributed by atoms with Gasteiger partial charge < -0.3 is 15.0 Å². The van der Waals surface area contributed by atoms with Crippen LogP contribution >= 0.6 is 0 Å². The second kappa shape index (κ2) is 11.2. The number of carbonyl (C=O) groups excluding carboxylic acids is 3. The first-order chi connectivity index (χ1) is 17.7. The van der Waals surface area contributed by atoms with Crippen molar-refractivity contribution in [2.24, 2.45) is 5.41 Å². The Morgan fingerprint density at radius 1 is 0.919 bits per heavy atom. The van der Waals surface area contributed by atoms with Gasteiger partial charge in [-0.2, -0.15) is 0 Å². The Balaban J connectivity index is 1.47. The van der Waals surface area contributed by atoms with Crippen molar-refractivity contribution in [3.8, 4) is 0 Å². The van der Waals surface area contributed by atoms with E-state index in [0.29, 0.717) is 13.1 Å². The van der Waals surface area contributed by atoms with E-state index in [4.69, 9.17) is 4.74 Å². The minimum atomic E-state index is -0.838. The predicted octanol–water partition coefficient (Wildman–Crippen LogP) is 5.08. The lowest BCUT2D eigenvalue weighted by atomic mass is 9.86. The molecule has 1 aliphatic heterocycles. The number of likely N-dealkylation sites (tertiary alicyclic amines) is 1. The van der Waals surface area contributed by atoms with Gasteiger partial charge in [-0.15, -0.1) is 0 Å². The van der Waals surface area contributed by atoms with Gasteiger partial charge in [0.25, 0.3) is 0 Å². The Morgan fingerprint density at radius 2 is 1.46 bits per heavy atom. The van der Waals surface area contributed by atoms with E-state index in [0.717, 1.165) is 12.8 Å². The maximum Gasteiger partial charge on any atom is 0.328 e. The number of carbonyl (C=O) groups is 3. The van der Waals surface area contributed by atoms with E-state index in [9.17, 15) is 14.4 Å². The van der Waals surface area contributed by atoms with Gasteiger partial charge in [-0.3, -0.25) is 9.59 Å². The van der Waals surface area contributed by atoms with Crippen molar-refractivity contribution in [3.63, 3.8) is 0 Å². The highest BCUT2D eigenvalue weighted by Gasteiger charge is 2.30. The molecule has 0 unspecified atom stereocenters. The Kier molecular flexibility index (Phi) is 7.96. The smallest absolute Gasteiger partial charge is 0.328 e. The van der Waals surface area contributed by atoms with Gasteiger partial charge in [0.2, 0.25) is 11.8 Å². The summed E-state index contributed by atoms with van der Waals surface area (Å²) in [4.78, 5) is 39.6. The molecular formula is C31H36N2O4. The Labute approximate surface area is 219 Å². The molecule has 6 nitrogen and oxygen atoms in total. The van der Waals surface area contributed by atoms with E-state index in [2.05, 4.69) is 66.0 Å². The van der Waals surface area contributed by atoms with Gasteiger partial charge in [0, 0.05) is 24.9 Å². The fourth-order valence-electron chi connectivity index (χ4n) is 4.91. The lowest BCUT2D eigenvalue weighted by molar-refractivity contribution is -0.146.